The molecule has 0 spiro atoms. The second-order valence-electron chi connectivity index (χ2n) is 3.27. The van der Waals surface area contributed by atoms with Crippen LogP contribution in [-0.2, 0) is 6.18 Å². The zero-order valence-corrected chi connectivity index (χ0v) is 8.43. The Balaban J connectivity index is 0.00000128. The zero-order chi connectivity index (χ0) is 11.2. The summed E-state index contributed by atoms with van der Waals surface area (Å²) in [5.74, 6) is -0.0347. The highest BCUT2D eigenvalue weighted by Gasteiger charge is 2.31. The number of aryl methyl sites for hydroxylation is 1. The van der Waals surface area contributed by atoms with Crippen molar-refractivity contribution in [1.29, 1.82) is 0 Å². The van der Waals surface area contributed by atoms with E-state index in [1.54, 1.807) is 6.92 Å². The molecule has 6 heteroatoms. The van der Waals surface area contributed by atoms with Crippen LogP contribution < -0.4 is 6.15 Å². The van der Waals surface area contributed by atoms with E-state index in [4.69, 9.17) is 4.42 Å². The number of phenols is 1. The van der Waals surface area contributed by atoms with Gasteiger partial charge in [-0.25, -0.2) is 0 Å². The molecule has 0 aliphatic heterocycles. The van der Waals surface area contributed by atoms with Gasteiger partial charge in [0.1, 0.15) is 5.76 Å². The highest BCUT2D eigenvalue weighted by atomic mass is 19.4. The first-order chi connectivity index (χ1) is 6.88. The van der Waals surface area contributed by atoms with Crippen molar-refractivity contribution in [1.82, 2.24) is 6.15 Å². The van der Waals surface area contributed by atoms with Crippen molar-refractivity contribution in [2.75, 3.05) is 0 Å². The largest absolute Gasteiger partial charge is 0.504 e. The first kappa shape index (κ1) is 12.4. The standard InChI is InChI=1S/C10H7F3O2.H3N/c1-5-2-6-3-7(10(11,12)13)4-8(14)9(6)15-5;/h2-4,14H,1H3;1H3. The minimum Gasteiger partial charge on any atom is -0.504 e. The molecular weight excluding hydrogens is 223 g/mol. The SMILES string of the molecule is Cc1cc2cc(C(F)(F)F)cc(O)c2o1.N. The first-order valence-electron chi connectivity index (χ1n) is 4.18. The Morgan fingerprint density at radius 2 is 1.81 bits per heavy atom. The Bertz CT molecular complexity index is 516. The molecule has 0 amide bonds. The predicted molar refractivity (Wildman–Crippen MR) is 52.6 cm³/mol. The van der Waals surface area contributed by atoms with Crippen molar-refractivity contribution in [2.24, 2.45) is 0 Å². The molecule has 0 unspecified atom stereocenters. The zero-order valence-electron chi connectivity index (χ0n) is 8.43. The minimum absolute atomic E-state index is 0. The lowest BCUT2D eigenvalue weighted by molar-refractivity contribution is -0.137. The number of furan rings is 1. The molecule has 1 aromatic heterocycles. The van der Waals surface area contributed by atoms with E-state index in [2.05, 4.69) is 0 Å². The van der Waals surface area contributed by atoms with E-state index in [0.29, 0.717) is 11.8 Å². The Morgan fingerprint density at radius 1 is 1.19 bits per heavy atom. The van der Waals surface area contributed by atoms with Crippen LogP contribution in [0.4, 0.5) is 13.2 Å². The predicted octanol–water partition coefficient (Wildman–Crippen LogP) is 3.63. The van der Waals surface area contributed by atoms with Crippen LogP contribution in [0.2, 0.25) is 0 Å². The second-order valence-corrected chi connectivity index (χ2v) is 3.27. The number of phenolic OH excluding ortho intramolecular Hbond substituents is 1. The van der Waals surface area contributed by atoms with Gasteiger partial charge in [0, 0.05) is 5.39 Å². The number of hydrogen-bond acceptors (Lipinski definition) is 3. The van der Waals surface area contributed by atoms with E-state index in [1.807, 2.05) is 0 Å². The van der Waals surface area contributed by atoms with E-state index < -0.39 is 17.5 Å². The van der Waals surface area contributed by atoms with E-state index >= 15 is 0 Å². The van der Waals surface area contributed by atoms with Crippen molar-refractivity contribution in [3.8, 4) is 5.75 Å². The molecule has 1 heterocycles. The maximum atomic E-state index is 12.4. The van der Waals surface area contributed by atoms with Crippen LogP contribution in [-0.4, -0.2) is 5.11 Å². The Hall–Kier alpha value is -1.69. The molecule has 88 valence electrons. The Morgan fingerprint density at radius 3 is 2.38 bits per heavy atom. The van der Waals surface area contributed by atoms with Gasteiger partial charge in [0.25, 0.3) is 0 Å². The van der Waals surface area contributed by atoms with Crippen LogP contribution in [0.5, 0.6) is 5.75 Å². The van der Waals surface area contributed by atoms with Crippen LogP contribution >= 0.6 is 0 Å². The molecule has 0 aliphatic rings. The highest BCUT2D eigenvalue weighted by molar-refractivity contribution is 5.84. The maximum Gasteiger partial charge on any atom is 0.416 e. The molecular formula is C10H10F3NO2. The summed E-state index contributed by atoms with van der Waals surface area (Å²) in [5, 5.41) is 9.58. The Kier molecular flexibility index (Phi) is 2.87. The van der Waals surface area contributed by atoms with Gasteiger partial charge in [0.15, 0.2) is 11.3 Å². The van der Waals surface area contributed by atoms with Gasteiger partial charge in [-0.15, -0.1) is 0 Å². The molecule has 16 heavy (non-hydrogen) atoms. The van der Waals surface area contributed by atoms with Crippen LogP contribution in [0.25, 0.3) is 11.0 Å². The molecule has 0 saturated heterocycles. The summed E-state index contributed by atoms with van der Waals surface area (Å²) in [6.45, 7) is 1.60. The van der Waals surface area contributed by atoms with Gasteiger partial charge in [-0.2, -0.15) is 13.2 Å². The second kappa shape index (κ2) is 3.71. The molecule has 2 aromatic rings. The lowest BCUT2D eigenvalue weighted by Gasteiger charge is -2.06. The molecule has 0 aliphatic carbocycles. The fraction of sp³-hybridized carbons (Fsp3) is 0.200. The highest BCUT2D eigenvalue weighted by Crippen LogP contribution is 2.36. The van der Waals surface area contributed by atoms with Gasteiger partial charge in [0.2, 0.25) is 0 Å². The van der Waals surface area contributed by atoms with Crippen molar-refractivity contribution in [3.05, 3.63) is 29.5 Å². The molecule has 2 rings (SSSR count). The molecule has 4 N–H and O–H groups in total. The van der Waals surface area contributed by atoms with Crippen molar-refractivity contribution >= 4 is 11.0 Å². The number of fused-ring (bicyclic) bond motifs is 1. The van der Waals surface area contributed by atoms with Gasteiger partial charge >= 0.3 is 6.18 Å². The molecule has 3 nitrogen and oxygen atoms in total. The lowest BCUT2D eigenvalue weighted by Crippen LogP contribution is -2.04. The van der Waals surface area contributed by atoms with Gasteiger partial charge in [-0.1, -0.05) is 0 Å². The number of halogens is 3. The number of benzene rings is 1. The maximum absolute atomic E-state index is 12.4. The molecule has 0 fully saturated rings. The topological polar surface area (TPSA) is 68.4 Å². The third-order valence-corrected chi connectivity index (χ3v) is 2.05. The summed E-state index contributed by atoms with van der Waals surface area (Å²) in [6.07, 6.45) is -4.46. The normalized spacial score (nSPS) is 11.5. The molecule has 0 saturated carbocycles. The minimum atomic E-state index is -4.46. The number of alkyl halides is 3. The molecule has 0 bridgehead atoms. The summed E-state index contributed by atoms with van der Waals surface area (Å²) < 4.78 is 42.1. The van der Waals surface area contributed by atoms with Gasteiger partial charge < -0.3 is 15.7 Å². The average molecular weight is 233 g/mol. The van der Waals surface area contributed by atoms with E-state index in [9.17, 15) is 18.3 Å². The third-order valence-electron chi connectivity index (χ3n) is 2.05. The molecule has 1 aromatic carbocycles. The van der Waals surface area contributed by atoms with Crippen molar-refractivity contribution < 1.29 is 22.7 Å². The summed E-state index contributed by atoms with van der Waals surface area (Å²) in [6, 6.07) is 3.06. The van der Waals surface area contributed by atoms with Crippen molar-refractivity contribution in [3.63, 3.8) is 0 Å². The van der Waals surface area contributed by atoms with Crippen molar-refractivity contribution in [2.45, 2.75) is 13.1 Å². The van der Waals surface area contributed by atoms with Crippen LogP contribution in [0, 0.1) is 6.92 Å². The van der Waals surface area contributed by atoms with Crippen LogP contribution in [0.15, 0.2) is 22.6 Å². The smallest absolute Gasteiger partial charge is 0.416 e. The van der Waals surface area contributed by atoms with Gasteiger partial charge in [-0.3, -0.25) is 0 Å². The summed E-state index contributed by atoms with van der Waals surface area (Å²) in [4.78, 5) is 0. The number of aromatic hydroxyl groups is 1. The van der Waals surface area contributed by atoms with Gasteiger partial charge in [-0.05, 0) is 25.1 Å². The quantitative estimate of drug-likeness (QED) is 0.730. The van der Waals surface area contributed by atoms with Gasteiger partial charge in [0.05, 0.1) is 5.56 Å². The van der Waals surface area contributed by atoms with E-state index in [-0.39, 0.29) is 17.1 Å². The summed E-state index contributed by atoms with van der Waals surface area (Å²) in [5.41, 5.74) is -0.797. The number of rotatable bonds is 0. The molecule has 0 radical (unpaired) electrons. The summed E-state index contributed by atoms with van der Waals surface area (Å²) in [7, 11) is 0. The fourth-order valence-corrected chi connectivity index (χ4v) is 1.43. The third kappa shape index (κ3) is 1.96. The summed E-state index contributed by atoms with van der Waals surface area (Å²) >= 11 is 0. The fourth-order valence-electron chi connectivity index (χ4n) is 1.43. The van der Waals surface area contributed by atoms with E-state index in [1.165, 1.54) is 6.07 Å². The van der Waals surface area contributed by atoms with Crippen LogP contribution in [0.1, 0.15) is 11.3 Å². The van der Waals surface area contributed by atoms with E-state index in [0.717, 1.165) is 6.07 Å². The first-order valence-corrected chi connectivity index (χ1v) is 4.18. The average Bonchev–Trinajstić information content (AvgIpc) is 2.44. The Labute approximate surface area is 89.1 Å². The molecule has 0 atom stereocenters. The number of hydrogen-bond donors (Lipinski definition) is 2. The lowest BCUT2D eigenvalue weighted by atomic mass is 10.1. The van der Waals surface area contributed by atoms with Crippen LogP contribution in [0.3, 0.4) is 0 Å². The monoisotopic (exact) mass is 233 g/mol.